The lowest BCUT2D eigenvalue weighted by molar-refractivity contribution is -0.0304. The number of amides is 5. The Morgan fingerprint density at radius 3 is 2.82 bits per heavy atom. The van der Waals surface area contributed by atoms with Gasteiger partial charge in [0.1, 0.15) is 18.9 Å². The molecule has 3 atom stereocenters. The molecule has 2 heterocycles. The zero-order chi connectivity index (χ0) is 20.8. The minimum absolute atomic E-state index is 0.0766. The smallest absolute Gasteiger partial charge is 0.415 e. The molecule has 0 radical (unpaired) electrons. The van der Waals surface area contributed by atoms with Crippen molar-refractivity contribution in [1.29, 1.82) is 0 Å². The number of H-pyrrole nitrogens is 1. The van der Waals surface area contributed by atoms with Crippen LogP contribution >= 0.6 is 0 Å². The van der Waals surface area contributed by atoms with Gasteiger partial charge >= 0.3 is 23.8 Å². The molecule has 1 aliphatic heterocycles. The van der Waals surface area contributed by atoms with E-state index in [1.165, 1.54) is 13.1 Å². The van der Waals surface area contributed by atoms with Gasteiger partial charge in [-0.2, -0.15) is 0 Å². The summed E-state index contributed by atoms with van der Waals surface area (Å²) in [5, 5.41) is 6.82. The topological polar surface area (TPSA) is 223 Å². The number of hydrogen-bond donors (Lipinski definition) is 4. The van der Waals surface area contributed by atoms with Gasteiger partial charge in [0.2, 0.25) is 0 Å². The average Bonchev–Trinajstić information content (AvgIpc) is 2.98. The average molecular weight is 396 g/mol. The highest BCUT2D eigenvalue weighted by molar-refractivity contribution is 5.99. The molecule has 0 saturated carbocycles. The third kappa shape index (κ3) is 5.09. The van der Waals surface area contributed by atoms with Crippen molar-refractivity contribution < 1.29 is 23.9 Å². The third-order valence-electron chi connectivity index (χ3n) is 3.69. The van der Waals surface area contributed by atoms with Crippen LogP contribution < -0.4 is 27.6 Å². The second kappa shape index (κ2) is 8.70. The number of ether oxygens (including phenoxy) is 2. The van der Waals surface area contributed by atoms with Crippen LogP contribution in [0.25, 0.3) is 10.4 Å². The molecular formula is C13H16N8O7. The fraction of sp³-hybridized carbons (Fsp3) is 0.462. The predicted molar refractivity (Wildman–Crippen MR) is 90.1 cm³/mol. The van der Waals surface area contributed by atoms with Gasteiger partial charge in [0.05, 0.1) is 6.04 Å². The van der Waals surface area contributed by atoms with Crippen molar-refractivity contribution in [3.05, 3.63) is 43.0 Å². The number of carbonyl (C=O) groups is 3. The maximum atomic E-state index is 12.0. The Hall–Kier alpha value is -3.84. The number of carbonyl (C=O) groups excluding carboxylic acids is 3. The lowest BCUT2D eigenvalue weighted by Gasteiger charge is -2.16. The largest absolute Gasteiger partial charge is 0.446 e. The van der Waals surface area contributed by atoms with E-state index < -0.39 is 54.4 Å². The van der Waals surface area contributed by atoms with Gasteiger partial charge in [-0.3, -0.25) is 19.7 Å². The number of nitrogens with zero attached hydrogens (tertiary/aromatic N) is 4. The van der Waals surface area contributed by atoms with E-state index in [4.69, 9.17) is 20.7 Å². The van der Waals surface area contributed by atoms with E-state index >= 15 is 0 Å². The normalized spacial score (nSPS) is 20.7. The molecule has 15 heteroatoms. The molecule has 0 aliphatic carbocycles. The molecule has 0 unspecified atom stereocenters. The van der Waals surface area contributed by atoms with Crippen LogP contribution in [0.2, 0.25) is 0 Å². The van der Waals surface area contributed by atoms with Gasteiger partial charge in [-0.1, -0.05) is 5.11 Å². The zero-order valence-electron chi connectivity index (χ0n) is 14.4. The van der Waals surface area contributed by atoms with E-state index in [9.17, 15) is 24.0 Å². The Kier molecular flexibility index (Phi) is 6.36. The number of alkyl carbamates (subject to hydrolysis) is 1. The number of rotatable bonds is 4. The zero-order valence-corrected chi connectivity index (χ0v) is 14.4. The number of aromatic nitrogens is 2. The van der Waals surface area contributed by atoms with Crippen molar-refractivity contribution in [3.63, 3.8) is 0 Å². The van der Waals surface area contributed by atoms with Crippen molar-refractivity contribution in [2.24, 2.45) is 10.8 Å². The summed E-state index contributed by atoms with van der Waals surface area (Å²) in [4.78, 5) is 61.5. The van der Waals surface area contributed by atoms with Crippen molar-refractivity contribution in [3.8, 4) is 0 Å². The molecule has 1 aliphatic rings. The van der Waals surface area contributed by atoms with E-state index in [1.807, 2.05) is 0 Å². The summed E-state index contributed by atoms with van der Waals surface area (Å²) in [7, 11) is 0. The number of azide groups is 1. The van der Waals surface area contributed by atoms with Crippen LogP contribution in [0.3, 0.4) is 0 Å². The summed E-state index contributed by atoms with van der Waals surface area (Å²) in [5.74, 6) is 0. The second-order valence-corrected chi connectivity index (χ2v) is 5.66. The molecule has 1 fully saturated rings. The fourth-order valence-electron chi connectivity index (χ4n) is 2.45. The fourth-order valence-corrected chi connectivity index (χ4v) is 2.45. The van der Waals surface area contributed by atoms with Gasteiger partial charge in [-0.15, -0.1) is 0 Å². The maximum Gasteiger partial charge on any atom is 0.415 e. The number of nitrogens with two attached hydrogens (primary N) is 1. The Labute approximate surface area is 155 Å². The molecule has 0 aromatic carbocycles. The Bertz CT molecular complexity index is 947. The molecule has 150 valence electrons. The quantitative estimate of drug-likeness (QED) is 0.291. The number of aromatic amines is 1. The number of hydrogen-bond acceptors (Lipinski definition) is 8. The number of imide groups is 2. The van der Waals surface area contributed by atoms with Crippen molar-refractivity contribution in [2.45, 2.75) is 31.7 Å². The van der Waals surface area contributed by atoms with E-state index in [2.05, 4.69) is 15.0 Å². The molecule has 1 aromatic rings. The van der Waals surface area contributed by atoms with Crippen molar-refractivity contribution in [2.75, 3.05) is 6.61 Å². The Morgan fingerprint density at radius 2 is 2.18 bits per heavy atom. The Balaban J connectivity index is 2.05. The Morgan fingerprint density at radius 1 is 1.46 bits per heavy atom. The molecule has 0 spiro atoms. The van der Waals surface area contributed by atoms with Crippen molar-refractivity contribution >= 4 is 18.2 Å². The van der Waals surface area contributed by atoms with E-state index in [0.29, 0.717) is 0 Å². The SMILES string of the molecule is Cc1cn([C@H]2C[C@H](N=[N+]=[N-])[C@@H](COC(=O)NC(=O)NC(N)=O)O2)c(=O)[nH]c1=O. The lowest BCUT2D eigenvalue weighted by atomic mass is 10.1. The van der Waals surface area contributed by atoms with Crippen LogP contribution in [0.1, 0.15) is 18.2 Å². The molecule has 1 saturated heterocycles. The monoisotopic (exact) mass is 396 g/mol. The molecule has 5 N–H and O–H groups in total. The molecule has 15 nitrogen and oxygen atoms in total. The van der Waals surface area contributed by atoms with Gasteiger partial charge in [-0.25, -0.2) is 24.5 Å². The van der Waals surface area contributed by atoms with Crippen LogP contribution in [-0.2, 0) is 9.47 Å². The van der Waals surface area contributed by atoms with Gasteiger partial charge < -0.3 is 15.2 Å². The van der Waals surface area contributed by atoms with E-state index in [0.717, 1.165) is 4.57 Å². The third-order valence-corrected chi connectivity index (χ3v) is 3.69. The summed E-state index contributed by atoms with van der Waals surface area (Å²) in [6.07, 6.45) is -1.64. The first-order valence-corrected chi connectivity index (χ1v) is 7.77. The highest BCUT2D eigenvalue weighted by Gasteiger charge is 2.37. The summed E-state index contributed by atoms with van der Waals surface area (Å²) < 4.78 is 11.5. The first kappa shape index (κ1) is 20.5. The van der Waals surface area contributed by atoms with Gasteiger partial charge in [0.25, 0.3) is 5.56 Å². The maximum absolute atomic E-state index is 12.0. The first-order valence-electron chi connectivity index (χ1n) is 7.77. The second-order valence-electron chi connectivity index (χ2n) is 5.66. The molecule has 0 bridgehead atoms. The van der Waals surface area contributed by atoms with Crippen LogP contribution in [0.5, 0.6) is 0 Å². The lowest BCUT2D eigenvalue weighted by Crippen LogP contribution is -2.45. The summed E-state index contributed by atoms with van der Waals surface area (Å²) in [6, 6.07) is -3.15. The minimum atomic E-state index is -1.21. The number of urea groups is 2. The van der Waals surface area contributed by atoms with Gasteiger partial charge in [0, 0.05) is 23.1 Å². The van der Waals surface area contributed by atoms with Crippen LogP contribution in [-0.4, -0.2) is 46.5 Å². The minimum Gasteiger partial charge on any atom is -0.446 e. The molecule has 1 aromatic heterocycles. The molecule has 5 amide bonds. The van der Waals surface area contributed by atoms with E-state index in [1.54, 1.807) is 10.6 Å². The molecule has 28 heavy (non-hydrogen) atoms. The predicted octanol–water partition coefficient (Wildman–Crippen LogP) is -0.674. The van der Waals surface area contributed by atoms with Crippen LogP contribution in [0, 0.1) is 6.92 Å². The molecular weight excluding hydrogens is 380 g/mol. The summed E-state index contributed by atoms with van der Waals surface area (Å²) >= 11 is 0. The van der Waals surface area contributed by atoms with Gasteiger partial charge in [0.15, 0.2) is 0 Å². The number of primary amides is 1. The first-order chi connectivity index (χ1) is 13.2. The van der Waals surface area contributed by atoms with Gasteiger partial charge in [-0.05, 0) is 12.5 Å². The van der Waals surface area contributed by atoms with Crippen LogP contribution in [0.4, 0.5) is 14.4 Å². The molecule has 2 rings (SSSR count). The summed E-state index contributed by atoms with van der Waals surface area (Å²) in [5.41, 5.74) is 12.4. The van der Waals surface area contributed by atoms with E-state index in [-0.39, 0.29) is 12.0 Å². The van der Waals surface area contributed by atoms with Crippen LogP contribution in [0.15, 0.2) is 20.9 Å². The standard InChI is InChI=1S/C13H16N8O7/c1-5-3-21(12(25)16-9(5)22)8-2-6(19-20-15)7(28-8)4-27-13(26)18-11(24)17-10(14)23/h3,6-8H,2,4H2,1H3,(H,16,22,25)(H4,14,17,18,23,24,26)/t6-,7+,8+/m0/s1. The highest BCUT2D eigenvalue weighted by Crippen LogP contribution is 2.30. The van der Waals surface area contributed by atoms with Crippen molar-refractivity contribution in [1.82, 2.24) is 20.2 Å². The highest BCUT2D eigenvalue weighted by atomic mass is 16.6. The summed E-state index contributed by atoms with van der Waals surface area (Å²) in [6.45, 7) is 1.07. The number of aryl methyl sites for hydroxylation is 1. The number of nitrogens with one attached hydrogen (secondary N) is 3.